The molecule has 5 nitrogen and oxygen atoms in total. The van der Waals surface area contributed by atoms with Crippen molar-refractivity contribution in [3.8, 4) is 0 Å². The summed E-state index contributed by atoms with van der Waals surface area (Å²) in [5.41, 5.74) is 1.51. The summed E-state index contributed by atoms with van der Waals surface area (Å²) in [7, 11) is -3.53. The van der Waals surface area contributed by atoms with E-state index in [1.807, 2.05) is 26.0 Å². The van der Waals surface area contributed by atoms with Gasteiger partial charge in [-0.05, 0) is 30.4 Å². The first-order chi connectivity index (χ1) is 10.8. The first-order valence-electron chi connectivity index (χ1n) is 8.15. The minimum absolute atomic E-state index is 0.168. The molecule has 1 aliphatic carbocycles. The van der Waals surface area contributed by atoms with Gasteiger partial charge >= 0.3 is 0 Å². The highest BCUT2D eigenvalue weighted by Gasteiger charge is 2.25. The smallest absolute Gasteiger partial charge is 0.240 e. The lowest BCUT2D eigenvalue weighted by Crippen LogP contribution is -2.43. The van der Waals surface area contributed by atoms with Crippen LogP contribution < -0.4 is 9.62 Å². The Morgan fingerprint density at radius 3 is 2.43 bits per heavy atom. The van der Waals surface area contributed by atoms with Crippen LogP contribution in [0.2, 0.25) is 0 Å². The maximum atomic E-state index is 12.3. The highest BCUT2D eigenvalue weighted by atomic mass is 32.2. The first kappa shape index (κ1) is 17.8. The molecule has 1 fully saturated rings. The van der Waals surface area contributed by atoms with E-state index in [9.17, 15) is 13.2 Å². The highest BCUT2D eigenvalue weighted by Crippen LogP contribution is 2.28. The number of hydrogen-bond acceptors (Lipinski definition) is 3. The van der Waals surface area contributed by atoms with Crippen LogP contribution in [-0.4, -0.2) is 33.2 Å². The molecule has 0 unspecified atom stereocenters. The third kappa shape index (κ3) is 4.70. The third-order valence-corrected chi connectivity index (χ3v) is 5.36. The fourth-order valence-electron chi connectivity index (χ4n) is 3.06. The normalized spacial score (nSPS) is 15.8. The van der Waals surface area contributed by atoms with Gasteiger partial charge in [0.25, 0.3) is 0 Å². The number of anilines is 1. The molecule has 0 heterocycles. The second-order valence-electron chi connectivity index (χ2n) is 6.53. The van der Waals surface area contributed by atoms with Crippen molar-refractivity contribution < 1.29 is 13.2 Å². The van der Waals surface area contributed by atoms with Gasteiger partial charge in [0.1, 0.15) is 6.54 Å². The largest absolute Gasteiger partial charge is 0.352 e. The molecule has 2 rings (SSSR count). The van der Waals surface area contributed by atoms with Gasteiger partial charge in [0, 0.05) is 6.04 Å². The van der Waals surface area contributed by atoms with Gasteiger partial charge in [0.15, 0.2) is 0 Å². The Morgan fingerprint density at radius 1 is 1.26 bits per heavy atom. The summed E-state index contributed by atoms with van der Waals surface area (Å²) in [5, 5.41) is 2.95. The maximum absolute atomic E-state index is 12.3. The SMILES string of the molecule is CC(C)c1ccccc1N(CC(=O)NC1CCCC1)S(C)(=O)=O. The van der Waals surface area contributed by atoms with Gasteiger partial charge in [-0.15, -0.1) is 0 Å². The van der Waals surface area contributed by atoms with Crippen LogP contribution >= 0.6 is 0 Å². The van der Waals surface area contributed by atoms with E-state index in [0.717, 1.165) is 37.5 Å². The van der Waals surface area contributed by atoms with Crippen molar-refractivity contribution in [1.82, 2.24) is 5.32 Å². The van der Waals surface area contributed by atoms with E-state index in [0.29, 0.717) is 5.69 Å². The van der Waals surface area contributed by atoms with Crippen LogP contribution in [0.5, 0.6) is 0 Å². The van der Waals surface area contributed by atoms with E-state index in [2.05, 4.69) is 5.32 Å². The van der Waals surface area contributed by atoms with Crippen molar-refractivity contribution >= 4 is 21.6 Å². The van der Waals surface area contributed by atoms with Crippen molar-refractivity contribution in [1.29, 1.82) is 0 Å². The minimum Gasteiger partial charge on any atom is -0.352 e. The van der Waals surface area contributed by atoms with Crippen LogP contribution in [0, 0.1) is 0 Å². The summed E-state index contributed by atoms with van der Waals surface area (Å²) in [6.07, 6.45) is 5.35. The molecule has 0 aromatic heterocycles. The average Bonchev–Trinajstić information content (AvgIpc) is 2.96. The molecule has 6 heteroatoms. The van der Waals surface area contributed by atoms with Gasteiger partial charge in [-0.2, -0.15) is 0 Å². The highest BCUT2D eigenvalue weighted by molar-refractivity contribution is 7.92. The van der Waals surface area contributed by atoms with E-state index < -0.39 is 10.0 Å². The molecule has 23 heavy (non-hydrogen) atoms. The lowest BCUT2D eigenvalue weighted by molar-refractivity contribution is -0.120. The molecule has 0 radical (unpaired) electrons. The number of carbonyl (C=O) groups excluding carboxylic acids is 1. The van der Waals surface area contributed by atoms with Crippen molar-refractivity contribution in [2.75, 3.05) is 17.1 Å². The van der Waals surface area contributed by atoms with Crippen LogP contribution in [0.1, 0.15) is 51.0 Å². The Labute approximate surface area is 139 Å². The molecule has 128 valence electrons. The second-order valence-corrected chi connectivity index (χ2v) is 8.44. The number of nitrogens with one attached hydrogen (secondary N) is 1. The van der Waals surface area contributed by atoms with Crippen molar-refractivity contribution in [2.24, 2.45) is 0 Å². The number of hydrogen-bond donors (Lipinski definition) is 1. The molecular weight excluding hydrogens is 312 g/mol. The Morgan fingerprint density at radius 2 is 1.87 bits per heavy atom. The van der Waals surface area contributed by atoms with Gasteiger partial charge < -0.3 is 5.32 Å². The molecule has 1 amide bonds. The molecule has 0 bridgehead atoms. The fraction of sp³-hybridized carbons (Fsp3) is 0.588. The van der Waals surface area contributed by atoms with Gasteiger partial charge in [-0.3, -0.25) is 9.10 Å². The van der Waals surface area contributed by atoms with E-state index >= 15 is 0 Å². The Hall–Kier alpha value is -1.56. The summed E-state index contributed by atoms with van der Waals surface area (Å²) in [6.45, 7) is 3.86. The van der Waals surface area contributed by atoms with E-state index in [4.69, 9.17) is 0 Å². The van der Waals surface area contributed by atoms with Gasteiger partial charge in [0.05, 0.1) is 11.9 Å². The molecule has 0 spiro atoms. The molecule has 0 saturated heterocycles. The van der Waals surface area contributed by atoms with Crippen LogP contribution in [0.3, 0.4) is 0 Å². The molecule has 0 aliphatic heterocycles. The summed E-state index contributed by atoms with van der Waals surface area (Å²) >= 11 is 0. The number of benzene rings is 1. The van der Waals surface area contributed by atoms with Crippen molar-refractivity contribution in [3.05, 3.63) is 29.8 Å². The Bertz CT molecular complexity index is 650. The predicted octanol–water partition coefficient (Wildman–Crippen LogP) is 2.63. The number of amides is 1. The second kappa shape index (κ2) is 7.34. The third-order valence-electron chi connectivity index (χ3n) is 4.24. The van der Waals surface area contributed by atoms with Crippen molar-refractivity contribution in [2.45, 2.75) is 51.5 Å². The average molecular weight is 338 g/mol. The summed E-state index contributed by atoms with van der Waals surface area (Å²) in [6, 6.07) is 7.54. The molecule has 1 aromatic rings. The number of nitrogens with zero attached hydrogens (tertiary/aromatic N) is 1. The zero-order valence-corrected chi connectivity index (χ0v) is 14.9. The molecule has 0 atom stereocenters. The standard InChI is InChI=1S/C17H26N2O3S/c1-13(2)15-10-6-7-11-16(15)19(23(3,21)22)12-17(20)18-14-8-4-5-9-14/h6-7,10-11,13-14H,4-5,8-9,12H2,1-3H3,(H,18,20). The molecular formula is C17H26N2O3S. The minimum atomic E-state index is -3.53. The van der Waals surface area contributed by atoms with Crippen LogP contribution in [0.4, 0.5) is 5.69 Å². The lowest BCUT2D eigenvalue weighted by Gasteiger charge is -2.26. The lowest BCUT2D eigenvalue weighted by atomic mass is 10.0. The van der Waals surface area contributed by atoms with Crippen LogP contribution in [0.25, 0.3) is 0 Å². The number of sulfonamides is 1. The van der Waals surface area contributed by atoms with E-state index in [-0.39, 0.29) is 24.4 Å². The zero-order valence-electron chi connectivity index (χ0n) is 14.1. The van der Waals surface area contributed by atoms with Gasteiger partial charge in [-0.1, -0.05) is 44.9 Å². The number of rotatable bonds is 6. The van der Waals surface area contributed by atoms with Crippen LogP contribution in [-0.2, 0) is 14.8 Å². The summed E-state index contributed by atoms with van der Waals surface area (Å²) < 4.78 is 25.7. The zero-order chi connectivity index (χ0) is 17.0. The van der Waals surface area contributed by atoms with Gasteiger partial charge in [-0.25, -0.2) is 8.42 Å². The molecule has 1 aromatic carbocycles. The van der Waals surface area contributed by atoms with Crippen LogP contribution in [0.15, 0.2) is 24.3 Å². The van der Waals surface area contributed by atoms with E-state index in [1.165, 1.54) is 4.31 Å². The molecule has 1 aliphatic rings. The summed E-state index contributed by atoms with van der Waals surface area (Å²) in [5.74, 6) is -0.0609. The predicted molar refractivity (Wildman–Crippen MR) is 93.1 cm³/mol. The molecule has 1 saturated carbocycles. The molecule has 1 N–H and O–H groups in total. The number of carbonyl (C=O) groups is 1. The number of para-hydroxylation sites is 1. The summed E-state index contributed by atoms with van der Waals surface area (Å²) in [4.78, 5) is 12.3. The quantitative estimate of drug-likeness (QED) is 0.867. The topological polar surface area (TPSA) is 66.5 Å². The maximum Gasteiger partial charge on any atom is 0.240 e. The van der Waals surface area contributed by atoms with Crippen molar-refractivity contribution in [3.63, 3.8) is 0 Å². The Kier molecular flexibility index (Phi) is 5.68. The van der Waals surface area contributed by atoms with Gasteiger partial charge in [0.2, 0.25) is 15.9 Å². The first-order valence-corrected chi connectivity index (χ1v) is 10.00. The Balaban J connectivity index is 2.23. The van der Waals surface area contributed by atoms with E-state index in [1.54, 1.807) is 12.1 Å². The monoisotopic (exact) mass is 338 g/mol. The fourth-order valence-corrected chi connectivity index (χ4v) is 3.93.